The lowest BCUT2D eigenvalue weighted by Crippen LogP contribution is -2.50. The first-order chi connectivity index (χ1) is 14.0. The number of piperazine rings is 1. The van der Waals surface area contributed by atoms with Crippen LogP contribution in [0.2, 0.25) is 0 Å². The molecule has 0 aromatic heterocycles. The Labute approximate surface area is 169 Å². The molecule has 0 unspecified atom stereocenters. The van der Waals surface area contributed by atoms with Crippen LogP contribution in [-0.2, 0) is 4.79 Å². The Balaban J connectivity index is 1.45. The van der Waals surface area contributed by atoms with E-state index in [4.69, 9.17) is 4.74 Å². The van der Waals surface area contributed by atoms with Gasteiger partial charge in [0.15, 0.2) is 6.61 Å². The predicted molar refractivity (Wildman–Crippen MR) is 110 cm³/mol. The molecule has 1 aliphatic rings. The molecule has 3 rings (SSSR count). The molecule has 2 aromatic rings. The molecule has 29 heavy (non-hydrogen) atoms. The highest BCUT2D eigenvalue weighted by Gasteiger charge is 2.21. The summed E-state index contributed by atoms with van der Waals surface area (Å²) in [6, 6.07) is 13.1. The third-order valence-electron chi connectivity index (χ3n) is 4.61. The van der Waals surface area contributed by atoms with E-state index < -0.39 is 0 Å². The van der Waals surface area contributed by atoms with E-state index >= 15 is 0 Å². The second kappa shape index (κ2) is 9.77. The van der Waals surface area contributed by atoms with Crippen molar-refractivity contribution in [3.63, 3.8) is 0 Å². The highest BCUT2D eigenvalue weighted by Crippen LogP contribution is 2.19. The fraction of sp³-hybridized carbons (Fsp3) is 0.333. The quantitative estimate of drug-likeness (QED) is 0.782. The largest absolute Gasteiger partial charge is 0.484 e. The summed E-state index contributed by atoms with van der Waals surface area (Å²) in [6.07, 6.45) is 0. The van der Waals surface area contributed by atoms with Crippen molar-refractivity contribution in [2.75, 3.05) is 49.5 Å². The Kier molecular flexibility index (Phi) is 6.89. The second-order valence-electron chi connectivity index (χ2n) is 6.65. The van der Waals surface area contributed by atoms with Gasteiger partial charge in [-0.3, -0.25) is 4.79 Å². The van der Waals surface area contributed by atoms with E-state index in [1.807, 2.05) is 6.92 Å². The van der Waals surface area contributed by atoms with Gasteiger partial charge in [0, 0.05) is 44.1 Å². The van der Waals surface area contributed by atoms with E-state index in [2.05, 4.69) is 15.5 Å². The third kappa shape index (κ3) is 5.84. The number of likely N-dealkylation sites (N-methyl/N-ethyl adjacent to an activating group) is 1. The zero-order valence-corrected chi connectivity index (χ0v) is 16.4. The van der Waals surface area contributed by atoms with Gasteiger partial charge in [-0.15, -0.1) is 0 Å². The van der Waals surface area contributed by atoms with Crippen molar-refractivity contribution >= 4 is 23.3 Å². The SMILES string of the molecule is CCNC(=O)COc1ccc(NC(=O)N2CCN(c3ccc(F)cc3)CC2)cc1. The summed E-state index contributed by atoms with van der Waals surface area (Å²) in [6.45, 7) is 4.90. The minimum absolute atomic E-state index is 0.0438. The number of carbonyl (C=O) groups is 2. The summed E-state index contributed by atoms with van der Waals surface area (Å²) in [4.78, 5) is 27.8. The van der Waals surface area contributed by atoms with Crippen molar-refractivity contribution in [1.82, 2.24) is 10.2 Å². The Morgan fingerprint density at radius 2 is 1.66 bits per heavy atom. The van der Waals surface area contributed by atoms with E-state index in [9.17, 15) is 14.0 Å². The van der Waals surface area contributed by atoms with Crippen molar-refractivity contribution in [3.05, 3.63) is 54.3 Å². The van der Waals surface area contributed by atoms with E-state index in [0.29, 0.717) is 44.2 Å². The van der Waals surface area contributed by atoms with Gasteiger partial charge in [-0.05, 0) is 55.5 Å². The van der Waals surface area contributed by atoms with Gasteiger partial charge in [0.2, 0.25) is 0 Å². The summed E-state index contributed by atoms with van der Waals surface area (Å²) >= 11 is 0. The number of nitrogens with one attached hydrogen (secondary N) is 2. The average molecular weight is 400 g/mol. The number of anilines is 2. The van der Waals surface area contributed by atoms with Crippen LogP contribution < -0.4 is 20.3 Å². The van der Waals surface area contributed by atoms with Gasteiger partial charge >= 0.3 is 6.03 Å². The lowest BCUT2D eigenvalue weighted by molar-refractivity contribution is -0.122. The summed E-state index contributed by atoms with van der Waals surface area (Å²) in [5.74, 6) is 0.124. The fourth-order valence-corrected chi connectivity index (χ4v) is 3.05. The summed E-state index contributed by atoms with van der Waals surface area (Å²) < 4.78 is 18.5. The molecule has 0 radical (unpaired) electrons. The van der Waals surface area contributed by atoms with E-state index in [0.717, 1.165) is 5.69 Å². The number of carbonyl (C=O) groups excluding carboxylic acids is 2. The van der Waals surface area contributed by atoms with E-state index in [-0.39, 0.29) is 24.4 Å². The molecule has 2 N–H and O–H groups in total. The fourth-order valence-electron chi connectivity index (χ4n) is 3.05. The molecule has 8 heteroatoms. The normalized spacial score (nSPS) is 13.7. The zero-order chi connectivity index (χ0) is 20.6. The third-order valence-corrected chi connectivity index (χ3v) is 4.61. The van der Waals surface area contributed by atoms with Crippen molar-refractivity contribution in [3.8, 4) is 5.75 Å². The first-order valence-corrected chi connectivity index (χ1v) is 9.61. The number of benzene rings is 2. The van der Waals surface area contributed by atoms with Crippen LogP contribution in [-0.4, -0.2) is 56.2 Å². The summed E-state index contributed by atoms with van der Waals surface area (Å²) in [5, 5.41) is 5.53. The van der Waals surface area contributed by atoms with E-state index in [1.165, 1.54) is 12.1 Å². The maximum absolute atomic E-state index is 13.1. The molecule has 3 amide bonds. The topological polar surface area (TPSA) is 73.9 Å². The van der Waals surface area contributed by atoms with Crippen LogP contribution in [0.3, 0.4) is 0 Å². The molecule has 154 valence electrons. The lowest BCUT2D eigenvalue weighted by Gasteiger charge is -2.36. The Morgan fingerprint density at radius 1 is 1.00 bits per heavy atom. The maximum Gasteiger partial charge on any atom is 0.321 e. The van der Waals surface area contributed by atoms with Gasteiger partial charge in [-0.2, -0.15) is 0 Å². The Morgan fingerprint density at radius 3 is 2.28 bits per heavy atom. The molecule has 0 spiro atoms. The van der Waals surface area contributed by atoms with Crippen molar-refractivity contribution in [2.24, 2.45) is 0 Å². The van der Waals surface area contributed by atoms with Crippen molar-refractivity contribution in [2.45, 2.75) is 6.92 Å². The van der Waals surface area contributed by atoms with Crippen LogP contribution in [0.25, 0.3) is 0 Å². The molecule has 7 nitrogen and oxygen atoms in total. The van der Waals surface area contributed by atoms with E-state index in [1.54, 1.807) is 41.3 Å². The number of hydrogen-bond donors (Lipinski definition) is 2. The zero-order valence-electron chi connectivity index (χ0n) is 16.4. The van der Waals surface area contributed by atoms with Crippen LogP contribution in [0, 0.1) is 5.82 Å². The number of rotatable bonds is 6. The highest BCUT2D eigenvalue weighted by molar-refractivity contribution is 5.89. The highest BCUT2D eigenvalue weighted by atomic mass is 19.1. The summed E-state index contributed by atoms with van der Waals surface area (Å²) in [7, 11) is 0. The summed E-state index contributed by atoms with van der Waals surface area (Å²) in [5.41, 5.74) is 1.61. The molecule has 0 saturated carbocycles. The predicted octanol–water partition coefficient (Wildman–Crippen LogP) is 2.69. The monoisotopic (exact) mass is 400 g/mol. The van der Waals surface area contributed by atoms with Gasteiger partial charge in [-0.25, -0.2) is 9.18 Å². The van der Waals surface area contributed by atoms with Crippen LogP contribution >= 0.6 is 0 Å². The molecule has 1 fully saturated rings. The number of amides is 3. The van der Waals surface area contributed by atoms with Gasteiger partial charge < -0.3 is 25.2 Å². The molecule has 1 heterocycles. The molecule has 2 aromatic carbocycles. The molecule has 0 atom stereocenters. The molecule has 0 bridgehead atoms. The minimum atomic E-state index is -0.257. The number of nitrogens with zero attached hydrogens (tertiary/aromatic N) is 2. The van der Waals surface area contributed by atoms with Crippen LogP contribution in [0.1, 0.15) is 6.92 Å². The Hall–Kier alpha value is -3.29. The number of hydrogen-bond acceptors (Lipinski definition) is 4. The molecule has 0 aliphatic carbocycles. The minimum Gasteiger partial charge on any atom is -0.484 e. The van der Waals surface area contributed by atoms with Crippen LogP contribution in [0.4, 0.5) is 20.6 Å². The number of urea groups is 1. The maximum atomic E-state index is 13.1. The molecule has 1 saturated heterocycles. The lowest BCUT2D eigenvalue weighted by atomic mass is 10.2. The average Bonchev–Trinajstić information content (AvgIpc) is 2.74. The number of ether oxygens (including phenoxy) is 1. The van der Waals surface area contributed by atoms with Crippen molar-refractivity contribution in [1.29, 1.82) is 0 Å². The van der Waals surface area contributed by atoms with Gasteiger partial charge in [0.1, 0.15) is 11.6 Å². The first kappa shape index (κ1) is 20.4. The molecular formula is C21H25FN4O3. The first-order valence-electron chi connectivity index (χ1n) is 9.61. The Bertz CT molecular complexity index is 819. The standard InChI is InChI=1S/C21H25FN4O3/c1-2-23-20(27)15-29-19-9-5-17(6-10-19)24-21(28)26-13-11-25(12-14-26)18-7-3-16(22)4-8-18/h3-10H,2,11-15H2,1H3,(H,23,27)(H,24,28). The van der Waals surface area contributed by atoms with Gasteiger partial charge in [-0.1, -0.05) is 0 Å². The smallest absolute Gasteiger partial charge is 0.321 e. The number of halogens is 1. The molecular weight excluding hydrogens is 375 g/mol. The van der Waals surface area contributed by atoms with Crippen LogP contribution in [0.15, 0.2) is 48.5 Å². The van der Waals surface area contributed by atoms with Crippen molar-refractivity contribution < 1.29 is 18.7 Å². The van der Waals surface area contributed by atoms with Crippen LogP contribution in [0.5, 0.6) is 5.75 Å². The molecule has 1 aliphatic heterocycles. The van der Waals surface area contributed by atoms with Gasteiger partial charge in [0.25, 0.3) is 5.91 Å². The van der Waals surface area contributed by atoms with Gasteiger partial charge in [0.05, 0.1) is 0 Å². The second-order valence-corrected chi connectivity index (χ2v) is 6.65.